The van der Waals surface area contributed by atoms with Crippen molar-refractivity contribution >= 4 is 35.8 Å². The highest BCUT2D eigenvalue weighted by Gasteiger charge is 2.19. The van der Waals surface area contributed by atoms with Gasteiger partial charge in [0.25, 0.3) is 0 Å². The van der Waals surface area contributed by atoms with E-state index in [9.17, 15) is 4.79 Å². The summed E-state index contributed by atoms with van der Waals surface area (Å²) in [6.45, 7) is 7.57. The number of hydrogen-bond acceptors (Lipinski definition) is 4. The minimum Gasteiger partial charge on any atom is -0.325 e. The number of nitrogens with one attached hydrogen (secondary N) is 1. The van der Waals surface area contributed by atoms with Crippen LogP contribution in [0.3, 0.4) is 0 Å². The fourth-order valence-corrected chi connectivity index (χ4v) is 3.58. The molecule has 3 N–H and O–H groups in total. The molecule has 1 aliphatic rings. The quantitative estimate of drug-likeness (QED) is 0.773. The van der Waals surface area contributed by atoms with Crippen molar-refractivity contribution in [2.24, 2.45) is 11.7 Å². The fourth-order valence-electron chi connectivity index (χ4n) is 2.60. The molecule has 2 rings (SSSR count). The topological polar surface area (TPSA) is 58.4 Å². The van der Waals surface area contributed by atoms with Gasteiger partial charge in [-0.15, -0.1) is 12.4 Å². The monoisotopic (exact) mass is 371 g/mol. The molecule has 0 radical (unpaired) electrons. The molecular weight excluding hydrogens is 342 g/mol. The highest BCUT2D eigenvalue weighted by molar-refractivity contribution is 7.99. The van der Waals surface area contributed by atoms with Crippen LogP contribution in [0.5, 0.6) is 0 Å². The third-order valence-electron chi connectivity index (χ3n) is 4.60. The van der Waals surface area contributed by atoms with Crippen molar-refractivity contribution in [3.05, 3.63) is 29.8 Å². The molecule has 0 aromatic heterocycles. The van der Waals surface area contributed by atoms with Gasteiger partial charge in [0.1, 0.15) is 0 Å². The Labute approximate surface area is 156 Å². The Kier molecular flexibility index (Phi) is 9.74. The molecule has 1 heterocycles. The highest BCUT2D eigenvalue weighted by Crippen LogP contribution is 2.14. The normalized spacial score (nSPS) is 17.6. The third-order valence-corrected chi connectivity index (χ3v) is 5.54. The Morgan fingerprint density at radius 1 is 1.29 bits per heavy atom. The molecule has 2 unspecified atom stereocenters. The first kappa shape index (κ1) is 21.3. The number of halogens is 1. The molecule has 1 saturated heterocycles. The number of amides is 1. The van der Waals surface area contributed by atoms with Gasteiger partial charge in [0.15, 0.2) is 0 Å². The summed E-state index contributed by atoms with van der Waals surface area (Å²) in [6, 6.07) is 7.70. The number of hydrogen-bond donors (Lipinski definition) is 2. The number of benzene rings is 1. The van der Waals surface area contributed by atoms with Crippen LogP contribution in [0.1, 0.15) is 25.8 Å². The first-order valence-corrected chi connectivity index (χ1v) is 9.71. The van der Waals surface area contributed by atoms with Crippen molar-refractivity contribution in [3.63, 3.8) is 0 Å². The summed E-state index contributed by atoms with van der Waals surface area (Å²) in [5.74, 6) is 2.60. The van der Waals surface area contributed by atoms with Crippen molar-refractivity contribution < 1.29 is 4.79 Å². The molecule has 1 aromatic carbocycles. The summed E-state index contributed by atoms with van der Waals surface area (Å²) in [5, 5.41) is 2.91. The SMILES string of the molecule is CCC(C)C(N)C(=O)Nc1ccc(CCN2CCSCC2)cc1.Cl. The van der Waals surface area contributed by atoms with Crippen molar-refractivity contribution in [3.8, 4) is 0 Å². The molecule has 6 heteroatoms. The van der Waals surface area contributed by atoms with E-state index in [0.717, 1.165) is 25.1 Å². The van der Waals surface area contributed by atoms with E-state index >= 15 is 0 Å². The Hall–Kier alpha value is -0.750. The lowest BCUT2D eigenvalue weighted by Gasteiger charge is -2.26. The summed E-state index contributed by atoms with van der Waals surface area (Å²) in [5.41, 5.74) is 8.10. The van der Waals surface area contributed by atoms with Crippen molar-refractivity contribution in [2.75, 3.05) is 36.5 Å². The van der Waals surface area contributed by atoms with Gasteiger partial charge in [0.2, 0.25) is 5.91 Å². The van der Waals surface area contributed by atoms with Crippen LogP contribution in [0.4, 0.5) is 5.69 Å². The van der Waals surface area contributed by atoms with Gasteiger partial charge < -0.3 is 16.0 Å². The van der Waals surface area contributed by atoms with Gasteiger partial charge in [-0.25, -0.2) is 0 Å². The number of nitrogens with zero attached hydrogens (tertiary/aromatic N) is 1. The van der Waals surface area contributed by atoms with Gasteiger partial charge >= 0.3 is 0 Å². The zero-order valence-electron chi connectivity index (χ0n) is 14.7. The van der Waals surface area contributed by atoms with Crippen LogP contribution in [0.15, 0.2) is 24.3 Å². The first-order chi connectivity index (χ1) is 11.1. The third kappa shape index (κ3) is 6.63. The number of carbonyl (C=O) groups is 1. The second-order valence-electron chi connectivity index (χ2n) is 6.30. The number of thioether (sulfide) groups is 1. The molecule has 1 fully saturated rings. The zero-order chi connectivity index (χ0) is 16.7. The van der Waals surface area contributed by atoms with Crippen LogP contribution in [0, 0.1) is 5.92 Å². The van der Waals surface area contributed by atoms with Crippen molar-refractivity contribution in [1.29, 1.82) is 0 Å². The lowest BCUT2D eigenvalue weighted by Crippen LogP contribution is -2.40. The van der Waals surface area contributed by atoms with Gasteiger partial charge in [-0.2, -0.15) is 11.8 Å². The molecule has 2 atom stereocenters. The van der Waals surface area contributed by atoms with Crippen LogP contribution in [0.25, 0.3) is 0 Å². The van der Waals surface area contributed by atoms with Crippen LogP contribution < -0.4 is 11.1 Å². The van der Waals surface area contributed by atoms with Gasteiger partial charge in [0, 0.05) is 36.8 Å². The summed E-state index contributed by atoms with van der Waals surface area (Å²) < 4.78 is 0. The predicted octanol–water partition coefficient (Wildman–Crippen LogP) is 3.01. The van der Waals surface area contributed by atoms with E-state index in [1.54, 1.807) is 0 Å². The van der Waals surface area contributed by atoms with Gasteiger partial charge in [-0.05, 0) is 30.0 Å². The van der Waals surface area contributed by atoms with Crippen molar-refractivity contribution in [2.45, 2.75) is 32.7 Å². The molecule has 4 nitrogen and oxygen atoms in total. The average molecular weight is 372 g/mol. The van der Waals surface area contributed by atoms with Gasteiger partial charge in [-0.3, -0.25) is 4.79 Å². The lowest BCUT2D eigenvalue weighted by molar-refractivity contribution is -0.118. The fraction of sp³-hybridized carbons (Fsp3) is 0.611. The number of rotatable bonds is 7. The standard InChI is InChI=1S/C18H29N3OS.ClH/c1-3-14(2)17(19)18(22)20-16-6-4-15(5-7-16)8-9-21-10-12-23-13-11-21;/h4-7,14,17H,3,8-13,19H2,1-2H3,(H,20,22);1H. The molecule has 1 amide bonds. The second-order valence-corrected chi connectivity index (χ2v) is 7.53. The van der Waals surface area contributed by atoms with Gasteiger partial charge in [-0.1, -0.05) is 32.4 Å². The van der Waals surface area contributed by atoms with E-state index in [1.807, 2.05) is 37.7 Å². The summed E-state index contributed by atoms with van der Waals surface area (Å²) in [7, 11) is 0. The predicted molar refractivity (Wildman–Crippen MR) is 107 cm³/mol. The van der Waals surface area contributed by atoms with Crippen LogP contribution in [-0.2, 0) is 11.2 Å². The van der Waals surface area contributed by atoms with E-state index in [2.05, 4.69) is 22.3 Å². The Morgan fingerprint density at radius 3 is 2.50 bits per heavy atom. The van der Waals surface area contributed by atoms with E-state index in [0.29, 0.717) is 0 Å². The molecule has 24 heavy (non-hydrogen) atoms. The minimum absolute atomic E-state index is 0. The highest BCUT2D eigenvalue weighted by atomic mass is 35.5. The lowest BCUT2D eigenvalue weighted by atomic mass is 9.99. The summed E-state index contributed by atoms with van der Waals surface area (Å²) in [6.07, 6.45) is 1.97. The van der Waals surface area contributed by atoms with Crippen LogP contribution in [-0.4, -0.2) is 48.0 Å². The molecule has 0 saturated carbocycles. The average Bonchev–Trinajstić information content (AvgIpc) is 2.60. The Bertz CT molecular complexity index is 492. The van der Waals surface area contributed by atoms with Crippen LogP contribution >= 0.6 is 24.2 Å². The Balaban J connectivity index is 0.00000288. The second kappa shape index (κ2) is 11.0. The number of nitrogens with two attached hydrogens (primary N) is 1. The van der Waals surface area contributed by atoms with Crippen molar-refractivity contribution in [1.82, 2.24) is 4.90 Å². The van der Waals surface area contributed by atoms with E-state index in [-0.39, 0.29) is 24.2 Å². The van der Waals surface area contributed by atoms with Crippen LogP contribution in [0.2, 0.25) is 0 Å². The maximum atomic E-state index is 12.1. The molecule has 1 aliphatic heterocycles. The molecule has 0 bridgehead atoms. The summed E-state index contributed by atoms with van der Waals surface area (Å²) in [4.78, 5) is 14.6. The zero-order valence-corrected chi connectivity index (χ0v) is 16.3. The number of anilines is 1. The molecular formula is C18H30ClN3OS. The maximum absolute atomic E-state index is 12.1. The largest absolute Gasteiger partial charge is 0.325 e. The number of carbonyl (C=O) groups excluding carboxylic acids is 1. The maximum Gasteiger partial charge on any atom is 0.241 e. The summed E-state index contributed by atoms with van der Waals surface area (Å²) >= 11 is 2.04. The first-order valence-electron chi connectivity index (χ1n) is 8.55. The minimum atomic E-state index is -0.448. The Morgan fingerprint density at radius 2 is 1.92 bits per heavy atom. The van der Waals surface area contributed by atoms with E-state index < -0.39 is 6.04 Å². The molecule has 0 aliphatic carbocycles. The molecule has 136 valence electrons. The smallest absolute Gasteiger partial charge is 0.241 e. The van der Waals surface area contributed by atoms with E-state index in [1.165, 1.54) is 30.2 Å². The molecule has 0 spiro atoms. The van der Waals surface area contributed by atoms with Gasteiger partial charge in [0.05, 0.1) is 6.04 Å². The molecule has 1 aromatic rings. The van der Waals surface area contributed by atoms with E-state index in [4.69, 9.17) is 5.73 Å².